The van der Waals surface area contributed by atoms with Crippen molar-refractivity contribution in [3.8, 4) is 0 Å². The van der Waals surface area contributed by atoms with Crippen LogP contribution in [0.5, 0.6) is 0 Å². The SMILES string of the molecule is CNc1nc(C2CC2)nc(NC(C)(C)C(C)(C)O)c1C. The fourth-order valence-corrected chi connectivity index (χ4v) is 1.87. The van der Waals surface area contributed by atoms with Gasteiger partial charge in [0.05, 0.1) is 11.1 Å². The topological polar surface area (TPSA) is 70.1 Å². The molecule has 112 valence electrons. The Kier molecular flexibility index (Phi) is 3.67. The molecule has 3 N–H and O–H groups in total. The monoisotopic (exact) mass is 278 g/mol. The van der Waals surface area contributed by atoms with Gasteiger partial charge in [0.25, 0.3) is 0 Å². The Morgan fingerprint density at radius 1 is 1.10 bits per heavy atom. The molecule has 0 bridgehead atoms. The molecule has 1 aromatic heterocycles. The van der Waals surface area contributed by atoms with Crippen molar-refractivity contribution in [2.75, 3.05) is 17.7 Å². The lowest BCUT2D eigenvalue weighted by Gasteiger charge is -2.39. The maximum atomic E-state index is 10.3. The summed E-state index contributed by atoms with van der Waals surface area (Å²) in [7, 11) is 1.87. The van der Waals surface area contributed by atoms with Gasteiger partial charge in [-0.2, -0.15) is 0 Å². The molecule has 1 saturated carbocycles. The summed E-state index contributed by atoms with van der Waals surface area (Å²) in [5.74, 6) is 3.05. The standard InChI is InChI=1S/C15H26N4O/c1-9-11(16-6)17-13(10-7-8-10)18-12(9)19-14(2,3)15(4,5)20/h10,20H,7-8H2,1-6H3,(H2,16,17,18,19). The van der Waals surface area contributed by atoms with Crippen molar-refractivity contribution in [3.05, 3.63) is 11.4 Å². The van der Waals surface area contributed by atoms with Gasteiger partial charge in [-0.05, 0) is 47.5 Å². The molecule has 0 atom stereocenters. The van der Waals surface area contributed by atoms with Gasteiger partial charge in [-0.1, -0.05) is 0 Å². The molecule has 0 amide bonds. The Morgan fingerprint density at radius 2 is 1.65 bits per heavy atom. The zero-order chi connectivity index (χ0) is 15.1. The lowest BCUT2D eigenvalue weighted by molar-refractivity contribution is 0.0238. The number of aliphatic hydroxyl groups is 1. The molecule has 1 aliphatic carbocycles. The van der Waals surface area contributed by atoms with Crippen molar-refractivity contribution < 1.29 is 5.11 Å². The van der Waals surface area contributed by atoms with Crippen LogP contribution >= 0.6 is 0 Å². The predicted molar refractivity (Wildman–Crippen MR) is 82.3 cm³/mol. The number of nitrogens with zero attached hydrogens (tertiary/aromatic N) is 2. The maximum absolute atomic E-state index is 10.3. The van der Waals surface area contributed by atoms with Gasteiger partial charge >= 0.3 is 0 Å². The quantitative estimate of drug-likeness (QED) is 0.772. The summed E-state index contributed by atoms with van der Waals surface area (Å²) in [5, 5.41) is 16.8. The lowest BCUT2D eigenvalue weighted by Crippen LogP contribution is -2.51. The third kappa shape index (κ3) is 2.87. The molecule has 5 nitrogen and oxygen atoms in total. The van der Waals surface area contributed by atoms with E-state index in [2.05, 4.69) is 20.6 Å². The van der Waals surface area contributed by atoms with E-state index in [1.807, 2.05) is 27.8 Å². The average Bonchev–Trinajstić information content (AvgIpc) is 3.14. The van der Waals surface area contributed by atoms with Crippen molar-refractivity contribution in [1.29, 1.82) is 0 Å². The van der Waals surface area contributed by atoms with E-state index in [1.165, 1.54) is 12.8 Å². The lowest BCUT2D eigenvalue weighted by atomic mass is 9.86. The van der Waals surface area contributed by atoms with Gasteiger partial charge < -0.3 is 15.7 Å². The van der Waals surface area contributed by atoms with Crippen LogP contribution in [0.4, 0.5) is 11.6 Å². The summed E-state index contributed by atoms with van der Waals surface area (Å²) in [4.78, 5) is 9.25. The normalized spacial score (nSPS) is 16.1. The number of anilines is 2. The molecule has 0 aliphatic heterocycles. The first-order valence-electron chi connectivity index (χ1n) is 7.22. The van der Waals surface area contributed by atoms with Gasteiger partial charge in [0, 0.05) is 18.5 Å². The Balaban J connectivity index is 2.37. The van der Waals surface area contributed by atoms with E-state index >= 15 is 0 Å². The predicted octanol–water partition coefficient (Wildman–Crippen LogP) is 2.67. The van der Waals surface area contributed by atoms with Crippen molar-refractivity contribution in [2.45, 2.75) is 64.5 Å². The number of hydrogen-bond acceptors (Lipinski definition) is 5. The van der Waals surface area contributed by atoms with Crippen LogP contribution in [0.3, 0.4) is 0 Å². The van der Waals surface area contributed by atoms with Crippen LogP contribution in [0.2, 0.25) is 0 Å². The maximum Gasteiger partial charge on any atom is 0.136 e. The van der Waals surface area contributed by atoms with Crippen molar-refractivity contribution in [1.82, 2.24) is 9.97 Å². The van der Waals surface area contributed by atoms with Crippen molar-refractivity contribution in [2.24, 2.45) is 0 Å². The van der Waals surface area contributed by atoms with Gasteiger partial charge in [-0.15, -0.1) is 0 Å². The van der Waals surface area contributed by atoms with Crippen LogP contribution in [-0.4, -0.2) is 33.3 Å². The van der Waals surface area contributed by atoms with E-state index in [-0.39, 0.29) is 0 Å². The Morgan fingerprint density at radius 3 is 2.10 bits per heavy atom. The molecule has 0 radical (unpaired) electrons. The van der Waals surface area contributed by atoms with Crippen LogP contribution in [0.15, 0.2) is 0 Å². The highest BCUT2D eigenvalue weighted by atomic mass is 16.3. The van der Waals surface area contributed by atoms with Crippen LogP contribution in [0.1, 0.15) is 57.8 Å². The fourth-order valence-electron chi connectivity index (χ4n) is 1.87. The number of rotatable bonds is 5. The Labute approximate surface area is 121 Å². The molecule has 1 heterocycles. The first kappa shape index (κ1) is 15.0. The summed E-state index contributed by atoms with van der Waals surface area (Å²) in [6.07, 6.45) is 2.33. The van der Waals surface area contributed by atoms with Crippen molar-refractivity contribution in [3.63, 3.8) is 0 Å². The smallest absolute Gasteiger partial charge is 0.136 e. The number of aromatic nitrogens is 2. The van der Waals surface area contributed by atoms with Crippen LogP contribution in [0.25, 0.3) is 0 Å². The summed E-state index contributed by atoms with van der Waals surface area (Å²) < 4.78 is 0. The molecule has 1 fully saturated rings. The molecule has 1 aliphatic rings. The molecule has 2 rings (SSSR count). The minimum atomic E-state index is -0.857. The van der Waals surface area contributed by atoms with Crippen LogP contribution < -0.4 is 10.6 Å². The third-order valence-corrected chi connectivity index (χ3v) is 4.30. The van der Waals surface area contributed by atoms with Gasteiger partial charge in [-0.3, -0.25) is 0 Å². The van der Waals surface area contributed by atoms with E-state index in [9.17, 15) is 5.11 Å². The van der Waals surface area contributed by atoms with Gasteiger partial charge in [0.1, 0.15) is 17.5 Å². The molecule has 1 aromatic rings. The number of hydrogen-bond donors (Lipinski definition) is 3. The minimum Gasteiger partial charge on any atom is -0.388 e. The molecule has 20 heavy (non-hydrogen) atoms. The molecule has 0 saturated heterocycles. The second-order valence-electron chi connectivity index (χ2n) is 6.74. The molecule has 0 aromatic carbocycles. The van der Waals surface area contributed by atoms with Gasteiger partial charge in [0.2, 0.25) is 0 Å². The van der Waals surface area contributed by atoms with Crippen LogP contribution in [0, 0.1) is 6.92 Å². The zero-order valence-corrected chi connectivity index (χ0v) is 13.3. The minimum absolute atomic E-state index is 0.488. The fraction of sp³-hybridized carbons (Fsp3) is 0.733. The first-order chi connectivity index (χ1) is 9.15. The van der Waals surface area contributed by atoms with E-state index in [0.29, 0.717) is 5.92 Å². The van der Waals surface area contributed by atoms with Crippen LogP contribution in [-0.2, 0) is 0 Å². The highest BCUT2D eigenvalue weighted by Gasteiger charge is 2.36. The second kappa shape index (κ2) is 4.88. The summed E-state index contributed by atoms with van der Waals surface area (Å²) in [5.41, 5.74) is -0.365. The van der Waals surface area contributed by atoms with E-state index in [4.69, 9.17) is 0 Å². The summed E-state index contributed by atoms with van der Waals surface area (Å²) >= 11 is 0. The van der Waals surface area contributed by atoms with Gasteiger partial charge in [-0.25, -0.2) is 9.97 Å². The Bertz CT molecular complexity index is 501. The second-order valence-corrected chi connectivity index (χ2v) is 6.74. The van der Waals surface area contributed by atoms with E-state index in [1.54, 1.807) is 13.8 Å². The average molecular weight is 278 g/mol. The van der Waals surface area contributed by atoms with Crippen molar-refractivity contribution >= 4 is 11.6 Å². The summed E-state index contributed by atoms with van der Waals surface area (Å²) in [6, 6.07) is 0. The molecular weight excluding hydrogens is 252 g/mol. The highest BCUT2D eigenvalue weighted by molar-refractivity contribution is 5.58. The largest absolute Gasteiger partial charge is 0.388 e. The molecule has 0 spiro atoms. The third-order valence-electron chi connectivity index (χ3n) is 4.30. The van der Waals surface area contributed by atoms with Gasteiger partial charge in [0.15, 0.2) is 0 Å². The molecule has 5 heteroatoms. The highest BCUT2D eigenvalue weighted by Crippen LogP contribution is 2.40. The zero-order valence-electron chi connectivity index (χ0n) is 13.3. The first-order valence-corrected chi connectivity index (χ1v) is 7.22. The summed E-state index contributed by atoms with van der Waals surface area (Å²) in [6.45, 7) is 9.55. The molecule has 0 unspecified atom stereocenters. The Hall–Kier alpha value is -1.36. The van der Waals surface area contributed by atoms with E-state index in [0.717, 1.165) is 23.0 Å². The van der Waals surface area contributed by atoms with E-state index < -0.39 is 11.1 Å². The number of nitrogens with one attached hydrogen (secondary N) is 2. The molecular formula is C15H26N4O.